The zero-order valence-electron chi connectivity index (χ0n) is 10.6. The lowest BCUT2D eigenvalue weighted by Gasteiger charge is -2.31. The lowest BCUT2D eigenvalue weighted by Crippen LogP contribution is -2.52. The Bertz CT molecular complexity index is 306. The molecule has 1 rings (SSSR count). The van der Waals surface area contributed by atoms with E-state index in [1.54, 1.807) is 0 Å². The number of hydrazine groups is 1. The SMILES string of the molecule is CC(C)CCC1(CN(C)C(=O)O)CC(=O)NN1. The molecule has 0 aromatic rings. The molecular formula is C11H21N3O3. The van der Waals surface area contributed by atoms with Crippen molar-refractivity contribution in [1.82, 2.24) is 15.8 Å². The summed E-state index contributed by atoms with van der Waals surface area (Å²) in [5, 5.41) is 8.89. The van der Waals surface area contributed by atoms with Crippen LogP contribution in [-0.2, 0) is 4.79 Å². The van der Waals surface area contributed by atoms with Gasteiger partial charge in [0.05, 0.1) is 5.54 Å². The number of carbonyl (C=O) groups is 2. The number of likely N-dealkylation sites (N-methyl/N-ethyl adjacent to an activating group) is 1. The van der Waals surface area contributed by atoms with E-state index in [-0.39, 0.29) is 5.91 Å². The highest BCUT2D eigenvalue weighted by molar-refractivity contribution is 5.79. The van der Waals surface area contributed by atoms with Crippen LogP contribution in [-0.4, -0.2) is 41.1 Å². The van der Waals surface area contributed by atoms with Crippen LogP contribution in [0.4, 0.5) is 4.79 Å². The van der Waals surface area contributed by atoms with Gasteiger partial charge in [0.25, 0.3) is 0 Å². The van der Waals surface area contributed by atoms with Crippen molar-refractivity contribution < 1.29 is 14.7 Å². The molecule has 1 unspecified atom stereocenters. The maximum atomic E-state index is 11.3. The first kappa shape index (κ1) is 13.8. The van der Waals surface area contributed by atoms with Crippen LogP contribution < -0.4 is 10.9 Å². The van der Waals surface area contributed by atoms with Crippen LogP contribution in [0.25, 0.3) is 0 Å². The first-order valence-electron chi connectivity index (χ1n) is 5.85. The van der Waals surface area contributed by atoms with Crippen LogP contribution in [0.15, 0.2) is 0 Å². The van der Waals surface area contributed by atoms with E-state index < -0.39 is 11.6 Å². The van der Waals surface area contributed by atoms with Crippen molar-refractivity contribution in [2.45, 2.75) is 38.6 Å². The highest BCUT2D eigenvalue weighted by Crippen LogP contribution is 2.24. The summed E-state index contributed by atoms with van der Waals surface area (Å²) in [5.41, 5.74) is 5.06. The minimum Gasteiger partial charge on any atom is -0.465 e. The number of rotatable bonds is 5. The molecule has 0 spiro atoms. The molecule has 1 aliphatic rings. The zero-order chi connectivity index (χ0) is 13.1. The van der Waals surface area contributed by atoms with Gasteiger partial charge in [0.2, 0.25) is 5.91 Å². The molecule has 1 atom stereocenters. The van der Waals surface area contributed by atoms with Crippen LogP contribution in [0, 0.1) is 5.92 Å². The molecule has 6 heteroatoms. The van der Waals surface area contributed by atoms with Gasteiger partial charge < -0.3 is 10.0 Å². The fraction of sp³-hybridized carbons (Fsp3) is 0.818. The van der Waals surface area contributed by atoms with Crippen molar-refractivity contribution in [2.24, 2.45) is 5.92 Å². The number of nitrogens with zero attached hydrogens (tertiary/aromatic N) is 1. The topological polar surface area (TPSA) is 81.7 Å². The molecule has 1 heterocycles. The average molecular weight is 243 g/mol. The average Bonchev–Trinajstić information content (AvgIpc) is 2.58. The highest BCUT2D eigenvalue weighted by atomic mass is 16.4. The second-order valence-electron chi connectivity index (χ2n) is 5.20. The van der Waals surface area contributed by atoms with Gasteiger partial charge in [-0.25, -0.2) is 10.2 Å². The van der Waals surface area contributed by atoms with E-state index in [4.69, 9.17) is 5.11 Å². The lowest BCUT2D eigenvalue weighted by atomic mass is 9.88. The van der Waals surface area contributed by atoms with E-state index in [0.29, 0.717) is 18.9 Å². The van der Waals surface area contributed by atoms with Crippen molar-refractivity contribution in [2.75, 3.05) is 13.6 Å². The van der Waals surface area contributed by atoms with Crippen LogP contribution in [0.1, 0.15) is 33.1 Å². The molecule has 0 aromatic heterocycles. The van der Waals surface area contributed by atoms with Crippen molar-refractivity contribution in [3.8, 4) is 0 Å². The number of amides is 2. The van der Waals surface area contributed by atoms with E-state index >= 15 is 0 Å². The van der Waals surface area contributed by atoms with Gasteiger partial charge in [0.1, 0.15) is 0 Å². The molecule has 0 bridgehead atoms. The Hall–Kier alpha value is -1.30. The van der Waals surface area contributed by atoms with Gasteiger partial charge in [-0.3, -0.25) is 10.2 Å². The Kier molecular flexibility index (Phi) is 4.34. The molecule has 1 aliphatic heterocycles. The smallest absolute Gasteiger partial charge is 0.407 e. The molecule has 0 saturated carbocycles. The molecule has 3 N–H and O–H groups in total. The highest BCUT2D eigenvalue weighted by Gasteiger charge is 2.39. The second kappa shape index (κ2) is 5.35. The summed E-state index contributed by atoms with van der Waals surface area (Å²) in [5.74, 6) is 0.451. The minimum atomic E-state index is -0.977. The van der Waals surface area contributed by atoms with Crippen LogP contribution in [0.5, 0.6) is 0 Å². The van der Waals surface area contributed by atoms with Crippen LogP contribution in [0.3, 0.4) is 0 Å². The van der Waals surface area contributed by atoms with Gasteiger partial charge in [-0.1, -0.05) is 13.8 Å². The first-order chi connectivity index (χ1) is 7.84. The molecule has 98 valence electrons. The van der Waals surface area contributed by atoms with Crippen molar-refractivity contribution >= 4 is 12.0 Å². The third-order valence-electron chi connectivity index (χ3n) is 3.03. The molecule has 6 nitrogen and oxygen atoms in total. The van der Waals surface area contributed by atoms with E-state index in [9.17, 15) is 9.59 Å². The molecule has 1 fully saturated rings. The molecule has 0 aliphatic carbocycles. The van der Waals surface area contributed by atoms with Crippen molar-refractivity contribution in [3.05, 3.63) is 0 Å². The summed E-state index contributed by atoms with van der Waals surface area (Å²) in [4.78, 5) is 23.4. The Morgan fingerprint density at radius 1 is 1.59 bits per heavy atom. The molecular weight excluding hydrogens is 222 g/mol. The molecule has 0 aromatic carbocycles. The third kappa shape index (κ3) is 3.89. The molecule has 2 amide bonds. The lowest BCUT2D eigenvalue weighted by molar-refractivity contribution is -0.119. The van der Waals surface area contributed by atoms with Crippen molar-refractivity contribution in [1.29, 1.82) is 0 Å². The van der Waals surface area contributed by atoms with Gasteiger partial charge in [-0.15, -0.1) is 0 Å². The third-order valence-corrected chi connectivity index (χ3v) is 3.03. The number of hydrogen-bond donors (Lipinski definition) is 3. The second-order valence-corrected chi connectivity index (χ2v) is 5.20. The summed E-state index contributed by atoms with van der Waals surface area (Å²) < 4.78 is 0. The predicted octanol–water partition coefficient (Wildman–Crippen LogP) is 0.796. The quantitative estimate of drug-likeness (QED) is 0.667. The predicted molar refractivity (Wildman–Crippen MR) is 63.4 cm³/mol. The van der Waals surface area contributed by atoms with Gasteiger partial charge in [0.15, 0.2) is 0 Å². The first-order valence-corrected chi connectivity index (χ1v) is 5.85. The monoisotopic (exact) mass is 243 g/mol. The summed E-state index contributed by atoms with van der Waals surface area (Å²) in [6.07, 6.45) is 1.09. The van der Waals surface area contributed by atoms with Gasteiger partial charge in [0, 0.05) is 20.0 Å². The largest absolute Gasteiger partial charge is 0.465 e. The number of hydrogen-bond acceptors (Lipinski definition) is 3. The normalized spacial score (nSPS) is 23.9. The van der Waals surface area contributed by atoms with E-state index in [0.717, 1.165) is 12.8 Å². The van der Waals surface area contributed by atoms with Crippen LogP contribution >= 0.6 is 0 Å². The van der Waals surface area contributed by atoms with Gasteiger partial charge >= 0.3 is 6.09 Å². The van der Waals surface area contributed by atoms with E-state index in [2.05, 4.69) is 24.7 Å². The standard InChI is InChI=1S/C11H21N3O3/c1-8(2)4-5-11(6-9(15)12-13-11)7-14(3)10(16)17/h8,13H,4-7H2,1-3H3,(H,12,15)(H,16,17). The molecule has 1 saturated heterocycles. The van der Waals surface area contributed by atoms with E-state index in [1.165, 1.54) is 11.9 Å². The molecule has 0 radical (unpaired) electrons. The summed E-state index contributed by atoms with van der Waals surface area (Å²) in [6, 6.07) is 0. The number of carboxylic acid groups (broad SMARTS) is 1. The summed E-state index contributed by atoms with van der Waals surface area (Å²) in [7, 11) is 1.52. The summed E-state index contributed by atoms with van der Waals surface area (Å²) >= 11 is 0. The van der Waals surface area contributed by atoms with Gasteiger partial charge in [-0.05, 0) is 18.8 Å². The number of carbonyl (C=O) groups excluding carboxylic acids is 1. The molecule has 17 heavy (non-hydrogen) atoms. The van der Waals surface area contributed by atoms with Gasteiger partial charge in [-0.2, -0.15) is 0 Å². The van der Waals surface area contributed by atoms with E-state index in [1.807, 2.05) is 0 Å². The summed E-state index contributed by atoms with van der Waals surface area (Å²) in [6.45, 7) is 4.53. The minimum absolute atomic E-state index is 0.0763. The van der Waals surface area contributed by atoms with Crippen molar-refractivity contribution in [3.63, 3.8) is 0 Å². The maximum absolute atomic E-state index is 11.3. The Balaban J connectivity index is 2.66. The fourth-order valence-electron chi connectivity index (χ4n) is 2.01. The Morgan fingerprint density at radius 3 is 2.65 bits per heavy atom. The fourth-order valence-corrected chi connectivity index (χ4v) is 2.01. The number of nitrogens with one attached hydrogen (secondary N) is 2. The van der Waals surface area contributed by atoms with Crippen LogP contribution in [0.2, 0.25) is 0 Å². The Labute approximate surface area is 101 Å². The maximum Gasteiger partial charge on any atom is 0.407 e. The zero-order valence-corrected chi connectivity index (χ0v) is 10.6. The Morgan fingerprint density at radius 2 is 2.24 bits per heavy atom.